The highest BCUT2D eigenvalue weighted by atomic mass is 35.5. The van der Waals surface area contributed by atoms with Gasteiger partial charge in [0.25, 0.3) is 0 Å². The van der Waals surface area contributed by atoms with Crippen LogP contribution in [0.5, 0.6) is 0 Å². The monoisotopic (exact) mass is 158 g/mol. The maximum Gasteiger partial charge on any atom is 0.0662 e. The second-order valence-electron chi connectivity index (χ2n) is 0.989. The Labute approximate surface area is 58.1 Å². The van der Waals surface area contributed by atoms with E-state index in [-0.39, 0.29) is 5.38 Å². The summed E-state index contributed by atoms with van der Waals surface area (Å²) in [4.78, 5) is 0. The summed E-state index contributed by atoms with van der Waals surface area (Å²) in [5.74, 6) is 0.408. The third kappa shape index (κ3) is 4.46. The Morgan fingerprint density at radius 3 is 2.29 bits per heavy atom. The van der Waals surface area contributed by atoms with Gasteiger partial charge in [-0.2, -0.15) is 0 Å². The van der Waals surface area contributed by atoms with Gasteiger partial charge in [0.2, 0.25) is 0 Å². The first-order valence-corrected chi connectivity index (χ1v) is 3.19. The molecule has 0 aliphatic heterocycles. The Kier molecular flexibility index (Phi) is 5.18. The lowest BCUT2D eigenvalue weighted by molar-refractivity contribution is 1.25. The average molecular weight is 159 g/mol. The Morgan fingerprint density at radius 1 is 1.57 bits per heavy atom. The van der Waals surface area contributed by atoms with Crippen LogP contribution in [0.25, 0.3) is 0 Å². The summed E-state index contributed by atoms with van der Waals surface area (Å²) in [6.45, 7) is 0. The molecule has 0 nitrogen and oxygen atoms in total. The van der Waals surface area contributed by atoms with Crippen molar-refractivity contribution in [2.24, 2.45) is 0 Å². The predicted molar refractivity (Wildman–Crippen MR) is 35.4 cm³/mol. The summed E-state index contributed by atoms with van der Waals surface area (Å²) in [7, 11) is 0. The molecule has 1 unspecified atom stereocenters. The van der Waals surface area contributed by atoms with Gasteiger partial charge in [-0.1, -0.05) is 17.7 Å². The van der Waals surface area contributed by atoms with Crippen molar-refractivity contribution in [3.63, 3.8) is 0 Å². The molecule has 0 heterocycles. The van der Waals surface area contributed by atoms with E-state index in [2.05, 4.69) is 0 Å². The molecule has 0 bridgehead atoms. The molecule has 0 fully saturated rings. The van der Waals surface area contributed by atoms with E-state index in [4.69, 9.17) is 34.8 Å². The molecule has 0 aromatic rings. The van der Waals surface area contributed by atoms with Gasteiger partial charge in [-0.3, -0.25) is 0 Å². The number of hydrogen-bond donors (Lipinski definition) is 0. The van der Waals surface area contributed by atoms with Crippen LogP contribution in [-0.2, 0) is 0 Å². The minimum Gasteiger partial charge on any atom is -0.125 e. The normalized spacial score (nSPS) is 15.3. The molecule has 7 heavy (non-hydrogen) atoms. The van der Waals surface area contributed by atoms with Crippen LogP contribution in [0.4, 0.5) is 0 Å². The third-order valence-electron chi connectivity index (χ3n) is 0.429. The van der Waals surface area contributed by atoms with Crippen LogP contribution in [0.2, 0.25) is 0 Å². The van der Waals surface area contributed by atoms with Gasteiger partial charge in [0.05, 0.1) is 5.38 Å². The minimum absolute atomic E-state index is 0.126. The molecule has 0 amide bonds. The van der Waals surface area contributed by atoms with E-state index in [9.17, 15) is 0 Å². The van der Waals surface area contributed by atoms with Gasteiger partial charge in [0.15, 0.2) is 0 Å². The lowest BCUT2D eigenvalue weighted by Crippen LogP contribution is -1.91. The van der Waals surface area contributed by atoms with E-state index in [0.717, 1.165) is 0 Å². The Morgan fingerprint density at radius 2 is 2.14 bits per heavy atom. The van der Waals surface area contributed by atoms with Crippen molar-refractivity contribution in [1.82, 2.24) is 0 Å². The van der Waals surface area contributed by atoms with E-state index < -0.39 is 0 Å². The molecule has 1 atom stereocenters. The maximum absolute atomic E-state index is 5.46. The molecule has 0 aliphatic carbocycles. The van der Waals surface area contributed by atoms with Gasteiger partial charge in [0, 0.05) is 11.4 Å². The third-order valence-corrected chi connectivity index (χ3v) is 1.36. The zero-order valence-corrected chi connectivity index (χ0v) is 5.84. The zero-order chi connectivity index (χ0) is 5.70. The van der Waals surface area contributed by atoms with E-state index in [1.165, 1.54) is 5.54 Å². The fourth-order valence-electron chi connectivity index (χ4n) is 0.130. The Bertz CT molecular complexity index is 60.0. The SMILES string of the molecule is ClC=CC(Cl)CCl. The molecular formula is C4H5Cl3. The van der Waals surface area contributed by atoms with Crippen LogP contribution in [-0.4, -0.2) is 11.3 Å². The van der Waals surface area contributed by atoms with Crippen LogP contribution in [0.3, 0.4) is 0 Å². The molecular weight excluding hydrogens is 154 g/mol. The molecule has 0 N–H and O–H groups in total. The summed E-state index contributed by atoms with van der Waals surface area (Å²) in [6, 6.07) is 0. The van der Waals surface area contributed by atoms with Crippen molar-refractivity contribution in [3.8, 4) is 0 Å². The summed E-state index contributed by atoms with van der Waals surface area (Å²) in [6.07, 6.45) is 1.62. The fourth-order valence-corrected chi connectivity index (χ4v) is 0.556. The van der Waals surface area contributed by atoms with Gasteiger partial charge in [-0.15, -0.1) is 23.2 Å². The molecule has 0 radical (unpaired) electrons. The standard InChI is InChI=1S/C4H5Cl3/c5-2-1-4(7)3-6/h1-2,4H,3H2. The number of halogens is 3. The number of allylic oxidation sites excluding steroid dienone is 1. The molecule has 3 heteroatoms. The fraction of sp³-hybridized carbons (Fsp3) is 0.500. The first-order valence-electron chi connectivity index (χ1n) is 1.78. The molecule has 42 valence electrons. The zero-order valence-electron chi connectivity index (χ0n) is 3.57. The Hall–Kier alpha value is 0.610. The van der Waals surface area contributed by atoms with Gasteiger partial charge in [-0.25, -0.2) is 0 Å². The van der Waals surface area contributed by atoms with Gasteiger partial charge in [0.1, 0.15) is 0 Å². The molecule has 0 rings (SSSR count). The molecule has 0 aliphatic rings. The van der Waals surface area contributed by atoms with Gasteiger partial charge in [-0.05, 0) is 0 Å². The molecule has 0 saturated carbocycles. The predicted octanol–water partition coefficient (Wildman–Crippen LogP) is 2.59. The van der Waals surface area contributed by atoms with Crippen LogP contribution in [0, 0.1) is 0 Å². The van der Waals surface area contributed by atoms with Crippen LogP contribution >= 0.6 is 34.8 Å². The van der Waals surface area contributed by atoms with Crippen molar-refractivity contribution < 1.29 is 0 Å². The summed E-state index contributed by atoms with van der Waals surface area (Å²) in [5.41, 5.74) is 1.36. The van der Waals surface area contributed by atoms with E-state index in [1.54, 1.807) is 6.08 Å². The van der Waals surface area contributed by atoms with E-state index >= 15 is 0 Å². The van der Waals surface area contributed by atoms with Crippen molar-refractivity contribution in [1.29, 1.82) is 0 Å². The van der Waals surface area contributed by atoms with Crippen molar-refractivity contribution in [3.05, 3.63) is 11.6 Å². The van der Waals surface area contributed by atoms with Crippen LogP contribution in [0.15, 0.2) is 11.6 Å². The first-order chi connectivity index (χ1) is 3.31. The highest BCUT2D eigenvalue weighted by Crippen LogP contribution is 2.00. The number of alkyl halides is 2. The minimum atomic E-state index is -0.126. The van der Waals surface area contributed by atoms with E-state index in [0.29, 0.717) is 5.88 Å². The van der Waals surface area contributed by atoms with Gasteiger partial charge < -0.3 is 0 Å². The summed E-state index contributed by atoms with van der Waals surface area (Å²) < 4.78 is 0. The molecule has 0 aromatic carbocycles. The topological polar surface area (TPSA) is 0 Å². The molecule has 0 saturated heterocycles. The van der Waals surface area contributed by atoms with Crippen LogP contribution < -0.4 is 0 Å². The van der Waals surface area contributed by atoms with Crippen molar-refractivity contribution in [2.45, 2.75) is 5.38 Å². The van der Waals surface area contributed by atoms with Gasteiger partial charge >= 0.3 is 0 Å². The molecule has 0 aromatic heterocycles. The lowest BCUT2D eigenvalue weighted by Gasteiger charge is -1.90. The van der Waals surface area contributed by atoms with Crippen molar-refractivity contribution >= 4 is 34.8 Å². The molecule has 0 spiro atoms. The lowest BCUT2D eigenvalue weighted by atomic mass is 10.5. The quantitative estimate of drug-likeness (QED) is 0.543. The largest absolute Gasteiger partial charge is 0.125 e. The Balaban J connectivity index is 3.16. The summed E-state index contributed by atoms with van der Waals surface area (Å²) >= 11 is 15.9. The average Bonchev–Trinajstić information content (AvgIpc) is 1.68. The maximum atomic E-state index is 5.46. The second-order valence-corrected chi connectivity index (χ2v) is 2.11. The highest BCUT2D eigenvalue weighted by Gasteiger charge is 1.91. The summed E-state index contributed by atoms with van der Waals surface area (Å²) in [5, 5.41) is -0.126. The smallest absolute Gasteiger partial charge is 0.0662 e. The van der Waals surface area contributed by atoms with Crippen molar-refractivity contribution in [2.75, 3.05) is 5.88 Å². The number of rotatable bonds is 2. The number of hydrogen-bond acceptors (Lipinski definition) is 0. The first kappa shape index (κ1) is 7.61. The highest BCUT2D eigenvalue weighted by molar-refractivity contribution is 6.30. The second kappa shape index (κ2) is 4.76. The van der Waals surface area contributed by atoms with E-state index in [1.807, 2.05) is 0 Å². The van der Waals surface area contributed by atoms with Crippen LogP contribution in [0.1, 0.15) is 0 Å².